The van der Waals surface area contributed by atoms with Gasteiger partial charge in [0.1, 0.15) is 6.10 Å². The topological polar surface area (TPSA) is 83.8 Å². The Balaban J connectivity index is 1.63. The predicted octanol–water partition coefficient (Wildman–Crippen LogP) is 5.09. The second-order valence-electron chi connectivity index (χ2n) is 12.0. The van der Waals surface area contributed by atoms with Crippen LogP contribution in [0.3, 0.4) is 0 Å². The first kappa shape index (κ1) is 26.1. The van der Waals surface area contributed by atoms with Gasteiger partial charge >= 0.3 is 5.97 Å². The van der Waals surface area contributed by atoms with Gasteiger partial charge in [-0.3, -0.25) is 4.79 Å². The smallest absolute Gasteiger partial charge is 0.331 e. The van der Waals surface area contributed by atoms with Crippen molar-refractivity contribution in [2.45, 2.75) is 91.5 Å². The maximum Gasteiger partial charge on any atom is 0.331 e. The summed E-state index contributed by atoms with van der Waals surface area (Å²) in [6.45, 7) is 12.1. The molecule has 2 bridgehead atoms. The van der Waals surface area contributed by atoms with E-state index >= 15 is 0 Å². The molecular formula is C30H42O5. The van der Waals surface area contributed by atoms with Crippen molar-refractivity contribution in [2.75, 3.05) is 0 Å². The van der Waals surface area contributed by atoms with Crippen LogP contribution in [0.25, 0.3) is 0 Å². The Kier molecular flexibility index (Phi) is 6.82. The van der Waals surface area contributed by atoms with E-state index in [2.05, 4.69) is 20.8 Å². The molecule has 0 radical (unpaired) electrons. The van der Waals surface area contributed by atoms with Crippen LogP contribution in [-0.2, 0) is 14.3 Å². The van der Waals surface area contributed by atoms with Gasteiger partial charge in [0.25, 0.3) is 0 Å². The van der Waals surface area contributed by atoms with E-state index in [-0.39, 0.29) is 29.0 Å². The molecule has 0 saturated heterocycles. The minimum atomic E-state index is -1.94. The standard InChI is InChI=1S/C30H42O5/c1-7-8-9-10-11-12-13-14-23(31)35-27-19(3)17-29-20(4)16-22-24(28(22,5)6)21(26(29)33)15-18(2)25(32)30(27,29)34/h11-15,17,20-22,24-25,27,32,34H,7-10,16H2,1-6H3/b12-11-,14-13+/t20-,21+,22-,24+,25-,27+,29?,30+/m1/s1. The van der Waals surface area contributed by atoms with Gasteiger partial charge < -0.3 is 14.9 Å². The van der Waals surface area contributed by atoms with E-state index in [0.29, 0.717) is 17.1 Å². The summed E-state index contributed by atoms with van der Waals surface area (Å²) in [6.07, 6.45) is 13.3. The third-order valence-corrected chi connectivity index (χ3v) is 9.53. The summed E-state index contributed by atoms with van der Waals surface area (Å²) in [7, 11) is 0. The molecule has 0 aliphatic heterocycles. The highest BCUT2D eigenvalue weighted by Crippen LogP contribution is 2.71. The molecule has 192 valence electrons. The molecule has 4 aliphatic rings. The average Bonchev–Trinajstić information content (AvgIpc) is 3.29. The van der Waals surface area contributed by atoms with Gasteiger partial charge in [-0.15, -0.1) is 0 Å². The number of allylic oxidation sites excluding steroid dienone is 4. The number of fused-ring (bicyclic) bond motifs is 3. The van der Waals surface area contributed by atoms with Crippen molar-refractivity contribution in [3.63, 3.8) is 0 Å². The van der Waals surface area contributed by atoms with Crippen molar-refractivity contribution in [2.24, 2.45) is 34.5 Å². The van der Waals surface area contributed by atoms with E-state index in [4.69, 9.17) is 4.74 Å². The first-order valence-electron chi connectivity index (χ1n) is 13.3. The van der Waals surface area contributed by atoms with Crippen LogP contribution >= 0.6 is 0 Å². The summed E-state index contributed by atoms with van der Waals surface area (Å²) < 4.78 is 5.80. The third-order valence-electron chi connectivity index (χ3n) is 9.53. The van der Waals surface area contributed by atoms with Crippen LogP contribution in [-0.4, -0.2) is 39.8 Å². The van der Waals surface area contributed by atoms with Crippen LogP contribution in [0.5, 0.6) is 0 Å². The number of ether oxygens (including phenoxy) is 1. The Hall–Kier alpha value is -1.98. The lowest BCUT2D eigenvalue weighted by atomic mass is 9.59. The number of Topliss-reactive ketones (excluding diaryl/α,β-unsaturated/α-hetero) is 1. The van der Waals surface area contributed by atoms with Gasteiger partial charge in [-0.2, -0.15) is 0 Å². The normalized spacial score (nSPS) is 41.7. The number of aliphatic hydroxyl groups is 2. The monoisotopic (exact) mass is 482 g/mol. The van der Waals surface area contributed by atoms with Crippen molar-refractivity contribution in [3.8, 4) is 0 Å². The summed E-state index contributed by atoms with van der Waals surface area (Å²) in [4.78, 5) is 27.0. The molecule has 4 aliphatic carbocycles. The second-order valence-corrected chi connectivity index (χ2v) is 12.0. The lowest BCUT2D eigenvalue weighted by Crippen LogP contribution is -2.65. The number of esters is 1. The first-order chi connectivity index (χ1) is 16.4. The minimum absolute atomic E-state index is 0.0510. The average molecular weight is 483 g/mol. The zero-order valence-electron chi connectivity index (χ0n) is 22.1. The first-order valence-corrected chi connectivity index (χ1v) is 13.3. The number of carbonyl (C=O) groups excluding carboxylic acids is 2. The molecule has 2 N–H and O–H groups in total. The number of ketones is 1. The molecule has 2 fully saturated rings. The Morgan fingerprint density at radius 1 is 1.20 bits per heavy atom. The van der Waals surface area contributed by atoms with Gasteiger partial charge in [-0.25, -0.2) is 4.79 Å². The summed E-state index contributed by atoms with van der Waals surface area (Å²) in [5, 5.41) is 23.8. The summed E-state index contributed by atoms with van der Waals surface area (Å²) in [5.41, 5.74) is -2.00. The maximum atomic E-state index is 14.3. The van der Waals surface area contributed by atoms with Crippen LogP contribution in [0.2, 0.25) is 0 Å². The summed E-state index contributed by atoms with van der Waals surface area (Å²) >= 11 is 0. The fourth-order valence-electron chi connectivity index (χ4n) is 7.55. The van der Waals surface area contributed by atoms with E-state index in [1.807, 2.05) is 31.2 Å². The van der Waals surface area contributed by atoms with Crippen molar-refractivity contribution in [3.05, 3.63) is 47.6 Å². The van der Waals surface area contributed by atoms with Crippen molar-refractivity contribution >= 4 is 11.8 Å². The van der Waals surface area contributed by atoms with Gasteiger partial charge in [-0.05, 0) is 67.4 Å². The summed E-state index contributed by atoms with van der Waals surface area (Å²) in [5.74, 6) is -0.627. The SMILES string of the molecule is CCCCC/C=C\C=C\C(=O)O[C@H]1C(C)=CC23C(=O)[C@@H](C=C(C)[C@@H](O)[C@]12O)[C@H]1[C@@H](C[C@H]3C)C1(C)C. The van der Waals surface area contributed by atoms with Gasteiger partial charge in [0.05, 0.1) is 5.41 Å². The van der Waals surface area contributed by atoms with Gasteiger partial charge in [0, 0.05) is 12.0 Å². The van der Waals surface area contributed by atoms with Crippen molar-refractivity contribution in [1.29, 1.82) is 0 Å². The maximum absolute atomic E-state index is 14.3. The van der Waals surface area contributed by atoms with E-state index in [1.165, 1.54) is 12.5 Å². The quantitative estimate of drug-likeness (QED) is 0.174. The lowest BCUT2D eigenvalue weighted by molar-refractivity contribution is -0.200. The van der Waals surface area contributed by atoms with Gasteiger partial charge in [-0.1, -0.05) is 70.9 Å². The molecule has 0 aromatic rings. The Morgan fingerprint density at radius 3 is 2.60 bits per heavy atom. The van der Waals surface area contributed by atoms with E-state index in [1.54, 1.807) is 19.9 Å². The molecule has 1 unspecified atom stereocenters. The summed E-state index contributed by atoms with van der Waals surface area (Å²) in [6, 6.07) is 0. The van der Waals surface area contributed by atoms with E-state index in [9.17, 15) is 19.8 Å². The van der Waals surface area contributed by atoms with Crippen LogP contribution in [0.4, 0.5) is 0 Å². The number of rotatable bonds is 7. The fraction of sp³-hybridized carbons (Fsp3) is 0.667. The Bertz CT molecular complexity index is 1000. The second kappa shape index (κ2) is 9.15. The van der Waals surface area contributed by atoms with Crippen molar-refractivity contribution in [1.82, 2.24) is 0 Å². The number of hydrogen-bond donors (Lipinski definition) is 2. The molecule has 0 aromatic carbocycles. The highest BCUT2D eigenvalue weighted by atomic mass is 16.6. The molecule has 8 atom stereocenters. The third kappa shape index (κ3) is 3.81. The zero-order chi connectivity index (χ0) is 25.8. The molecular weight excluding hydrogens is 440 g/mol. The van der Waals surface area contributed by atoms with Crippen LogP contribution < -0.4 is 0 Å². The predicted molar refractivity (Wildman–Crippen MR) is 136 cm³/mol. The highest BCUT2D eigenvalue weighted by Gasteiger charge is 2.76. The molecule has 5 nitrogen and oxygen atoms in total. The minimum Gasteiger partial charge on any atom is -0.451 e. The molecule has 0 aromatic heterocycles. The van der Waals surface area contributed by atoms with Crippen LogP contribution in [0.1, 0.15) is 73.6 Å². The van der Waals surface area contributed by atoms with Gasteiger partial charge in [0.15, 0.2) is 17.5 Å². The number of carbonyl (C=O) groups is 2. The molecule has 1 spiro atoms. The number of hydrogen-bond acceptors (Lipinski definition) is 5. The number of unbranched alkanes of at least 4 members (excludes halogenated alkanes) is 3. The molecule has 0 heterocycles. The molecule has 4 rings (SSSR count). The highest BCUT2D eigenvalue weighted by molar-refractivity contribution is 5.95. The molecule has 0 amide bonds. The van der Waals surface area contributed by atoms with Crippen molar-refractivity contribution < 1.29 is 24.5 Å². The fourth-order valence-corrected chi connectivity index (χ4v) is 7.55. The largest absolute Gasteiger partial charge is 0.451 e. The molecule has 35 heavy (non-hydrogen) atoms. The lowest BCUT2D eigenvalue weighted by Gasteiger charge is -2.48. The van der Waals surface area contributed by atoms with Gasteiger partial charge in [0.2, 0.25) is 0 Å². The van der Waals surface area contributed by atoms with Crippen LogP contribution in [0.15, 0.2) is 47.6 Å². The van der Waals surface area contributed by atoms with E-state index < -0.39 is 29.2 Å². The zero-order valence-corrected chi connectivity index (χ0v) is 22.1. The number of aliphatic hydroxyl groups excluding tert-OH is 1. The molecule has 5 heteroatoms. The van der Waals surface area contributed by atoms with E-state index in [0.717, 1.165) is 25.7 Å². The Labute approximate surface area is 210 Å². The Morgan fingerprint density at radius 2 is 1.91 bits per heavy atom. The molecule has 2 saturated carbocycles. The van der Waals surface area contributed by atoms with Crippen LogP contribution in [0, 0.1) is 34.5 Å².